The van der Waals surface area contributed by atoms with Crippen molar-refractivity contribution in [3.63, 3.8) is 0 Å². The molecule has 0 unspecified atom stereocenters. The summed E-state index contributed by atoms with van der Waals surface area (Å²) < 4.78 is 0. The van der Waals surface area contributed by atoms with Gasteiger partial charge in [0.2, 0.25) is 0 Å². The van der Waals surface area contributed by atoms with Gasteiger partial charge < -0.3 is 10.4 Å². The van der Waals surface area contributed by atoms with Crippen molar-refractivity contribution in [2.45, 2.75) is 17.1 Å². The Morgan fingerprint density at radius 1 is 1.40 bits per heavy atom. The summed E-state index contributed by atoms with van der Waals surface area (Å²) in [5.74, 6) is 0.657. The number of hydrogen-bond donors (Lipinski definition) is 2. The fourth-order valence-electron chi connectivity index (χ4n) is 1.62. The molecular weight excluding hydrogens is 292 g/mol. The number of aliphatic hydroxyl groups is 1. The number of amides is 1. The SMILES string of the molecule is O=C(NCCCO)c1ccccc1SCc1cscn1. The maximum atomic E-state index is 12.1. The summed E-state index contributed by atoms with van der Waals surface area (Å²) in [7, 11) is 0. The summed E-state index contributed by atoms with van der Waals surface area (Å²) in [6.07, 6.45) is 0.569. The van der Waals surface area contributed by atoms with Crippen molar-refractivity contribution < 1.29 is 9.90 Å². The van der Waals surface area contributed by atoms with Gasteiger partial charge in [0.1, 0.15) is 0 Å². The lowest BCUT2D eigenvalue weighted by Crippen LogP contribution is -2.25. The van der Waals surface area contributed by atoms with Crippen LogP contribution >= 0.6 is 23.1 Å². The Labute approximate surface area is 126 Å². The molecule has 0 saturated heterocycles. The van der Waals surface area contributed by atoms with Crippen LogP contribution in [0.5, 0.6) is 0 Å². The first kappa shape index (κ1) is 15.0. The zero-order valence-corrected chi connectivity index (χ0v) is 12.5. The highest BCUT2D eigenvalue weighted by atomic mass is 32.2. The van der Waals surface area contributed by atoms with Crippen molar-refractivity contribution in [3.05, 3.63) is 46.4 Å². The van der Waals surface area contributed by atoms with E-state index in [9.17, 15) is 4.79 Å². The highest BCUT2D eigenvalue weighted by molar-refractivity contribution is 7.98. The first-order valence-corrected chi connectivity index (χ1v) is 8.22. The van der Waals surface area contributed by atoms with Crippen LogP contribution in [-0.4, -0.2) is 29.1 Å². The predicted molar refractivity (Wildman–Crippen MR) is 82.2 cm³/mol. The molecule has 106 valence electrons. The molecule has 4 nitrogen and oxygen atoms in total. The average Bonchev–Trinajstić information content (AvgIpc) is 2.99. The third-order valence-corrected chi connectivity index (χ3v) is 4.35. The van der Waals surface area contributed by atoms with Gasteiger partial charge in [0.15, 0.2) is 0 Å². The molecule has 2 N–H and O–H groups in total. The quantitative estimate of drug-likeness (QED) is 0.609. The molecule has 0 spiro atoms. The lowest BCUT2D eigenvalue weighted by Gasteiger charge is -2.09. The highest BCUT2D eigenvalue weighted by Gasteiger charge is 2.11. The Hall–Kier alpha value is -1.37. The number of hydrogen-bond acceptors (Lipinski definition) is 5. The number of thioether (sulfide) groups is 1. The van der Waals surface area contributed by atoms with Crippen LogP contribution in [-0.2, 0) is 5.75 Å². The molecule has 6 heteroatoms. The average molecular weight is 308 g/mol. The van der Waals surface area contributed by atoms with Gasteiger partial charge in [0.25, 0.3) is 5.91 Å². The maximum Gasteiger partial charge on any atom is 0.252 e. The molecule has 0 fully saturated rings. The summed E-state index contributed by atoms with van der Waals surface area (Å²) in [4.78, 5) is 17.3. The Morgan fingerprint density at radius 3 is 3.00 bits per heavy atom. The molecule has 1 aromatic heterocycles. The second-order valence-corrected chi connectivity index (χ2v) is 5.83. The van der Waals surface area contributed by atoms with Gasteiger partial charge in [-0.3, -0.25) is 4.79 Å². The van der Waals surface area contributed by atoms with E-state index in [1.54, 1.807) is 23.1 Å². The van der Waals surface area contributed by atoms with E-state index >= 15 is 0 Å². The first-order chi connectivity index (χ1) is 9.81. The number of carbonyl (C=O) groups is 1. The summed E-state index contributed by atoms with van der Waals surface area (Å²) in [5.41, 5.74) is 3.50. The second kappa shape index (κ2) is 8.04. The standard InChI is InChI=1S/C14H16N2O2S2/c17-7-3-6-15-14(18)12-4-1-2-5-13(12)20-9-11-8-19-10-16-11/h1-2,4-5,8,10,17H,3,6-7,9H2,(H,15,18). The molecule has 0 aliphatic heterocycles. The normalized spacial score (nSPS) is 10.4. The van der Waals surface area contributed by atoms with Crippen molar-refractivity contribution in [3.8, 4) is 0 Å². The van der Waals surface area contributed by atoms with Gasteiger partial charge in [0, 0.05) is 29.2 Å². The monoisotopic (exact) mass is 308 g/mol. The molecule has 20 heavy (non-hydrogen) atoms. The van der Waals surface area contributed by atoms with Crippen LogP contribution < -0.4 is 5.32 Å². The number of thiazole rings is 1. The summed E-state index contributed by atoms with van der Waals surface area (Å²) >= 11 is 3.18. The van der Waals surface area contributed by atoms with Gasteiger partial charge in [-0.25, -0.2) is 4.98 Å². The van der Waals surface area contributed by atoms with E-state index in [2.05, 4.69) is 10.3 Å². The number of nitrogens with one attached hydrogen (secondary N) is 1. The van der Waals surface area contributed by atoms with Crippen molar-refractivity contribution in [2.75, 3.05) is 13.2 Å². The highest BCUT2D eigenvalue weighted by Crippen LogP contribution is 2.26. The van der Waals surface area contributed by atoms with Crippen molar-refractivity contribution in [1.82, 2.24) is 10.3 Å². The van der Waals surface area contributed by atoms with Gasteiger partial charge in [-0.1, -0.05) is 12.1 Å². The van der Waals surface area contributed by atoms with Crippen molar-refractivity contribution in [2.24, 2.45) is 0 Å². The number of benzene rings is 1. The molecule has 0 aliphatic carbocycles. The molecule has 1 amide bonds. The van der Waals surface area contributed by atoms with Crippen LogP contribution in [0.1, 0.15) is 22.5 Å². The topological polar surface area (TPSA) is 62.2 Å². The Bertz CT molecular complexity index is 544. The zero-order chi connectivity index (χ0) is 14.2. The minimum absolute atomic E-state index is 0.0838. The summed E-state index contributed by atoms with van der Waals surface area (Å²) in [5, 5.41) is 13.6. The molecule has 0 atom stereocenters. The minimum Gasteiger partial charge on any atom is -0.396 e. The van der Waals surface area contributed by atoms with Crippen LogP contribution in [0, 0.1) is 0 Å². The van der Waals surface area contributed by atoms with Crippen molar-refractivity contribution in [1.29, 1.82) is 0 Å². The Morgan fingerprint density at radius 2 is 2.25 bits per heavy atom. The molecule has 1 aromatic carbocycles. The largest absolute Gasteiger partial charge is 0.396 e. The lowest BCUT2D eigenvalue weighted by molar-refractivity contribution is 0.0948. The fraction of sp³-hybridized carbons (Fsp3) is 0.286. The molecule has 0 bridgehead atoms. The minimum atomic E-state index is -0.0974. The summed E-state index contributed by atoms with van der Waals surface area (Å²) in [6, 6.07) is 7.54. The number of rotatable bonds is 7. The van der Waals surface area contributed by atoms with E-state index < -0.39 is 0 Å². The predicted octanol–water partition coefficient (Wildman–Crippen LogP) is 2.55. The van der Waals surface area contributed by atoms with Crippen LogP contribution in [0.25, 0.3) is 0 Å². The third kappa shape index (κ3) is 4.33. The molecular formula is C14H16N2O2S2. The number of carbonyl (C=O) groups excluding carboxylic acids is 1. The third-order valence-electron chi connectivity index (χ3n) is 2.61. The number of aromatic nitrogens is 1. The molecule has 2 rings (SSSR count). The molecule has 1 heterocycles. The fourth-order valence-corrected chi connectivity index (χ4v) is 3.23. The molecule has 2 aromatic rings. The smallest absolute Gasteiger partial charge is 0.252 e. The van der Waals surface area contributed by atoms with E-state index in [1.807, 2.05) is 35.2 Å². The van der Waals surface area contributed by atoms with Crippen LogP contribution in [0.4, 0.5) is 0 Å². The lowest BCUT2D eigenvalue weighted by atomic mass is 10.2. The van der Waals surface area contributed by atoms with Gasteiger partial charge in [-0.05, 0) is 18.6 Å². The Kier molecular flexibility index (Phi) is 6.04. The van der Waals surface area contributed by atoms with Gasteiger partial charge >= 0.3 is 0 Å². The van der Waals surface area contributed by atoms with Crippen molar-refractivity contribution >= 4 is 29.0 Å². The van der Waals surface area contributed by atoms with E-state index in [1.165, 1.54) is 0 Å². The van der Waals surface area contributed by atoms with Gasteiger partial charge in [0.05, 0.1) is 16.8 Å². The number of nitrogens with zero attached hydrogens (tertiary/aromatic N) is 1. The summed E-state index contributed by atoms with van der Waals surface area (Å²) in [6.45, 7) is 0.570. The van der Waals surface area contributed by atoms with Gasteiger partial charge in [-0.2, -0.15) is 0 Å². The maximum absolute atomic E-state index is 12.1. The molecule has 0 saturated carbocycles. The van der Waals surface area contributed by atoms with E-state index in [-0.39, 0.29) is 12.5 Å². The number of aliphatic hydroxyl groups excluding tert-OH is 1. The van der Waals surface area contributed by atoms with Crippen LogP contribution in [0.3, 0.4) is 0 Å². The van der Waals surface area contributed by atoms with Gasteiger partial charge in [-0.15, -0.1) is 23.1 Å². The first-order valence-electron chi connectivity index (χ1n) is 6.29. The van der Waals surface area contributed by atoms with E-state index in [0.29, 0.717) is 18.5 Å². The molecule has 0 radical (unpaired) electrons. The van der Waals surface area contributed by atoms with E-state index in [4.69, 9.17) is 5.11 Å². The van der Waals surface area contributed by atoms with E-state index in [0.717, 1.165) is 16.3 Å². The Balaban J connectivity index is 1.99. The second-order valence-electron chi connectivity index (χ2n) is 4.10. The molecule has 0 aliphatic rings. The van der Waals surface area contributed by atoms with Crippen LogP contribution in [0.15, 0.2) is 40.1 Å². The zero-order valence-electron chi connectivity index (χ0n) is 10.9. The van der Waals surface area contributed by atoms with Crippen LogP contribution in [0.2, 0.25) is 0 Å².